The van der Waals surface area contributed by atoms with Gasteiger partial charge in [0.1, 0.15) is 6.29 Å². The predicted molar refractivity (Wildman–Crippen MR) is 221 cm³/mol. The number of imidazole rings is 2. The molecule has 12 nitrogen and oxygen atoms in total. The fourth-order valence-electron chi connectivity index (χ4n) is 9.70. The minimum atomic E-state index is -0.319. The lowest BCUT2D eigenvalue weighted by Gasteiger charge is -2.37. The summed E-state index contributed by atoms with van der Waals surface area (Å²) in [6.07, 6.45) is 11.7. The van der Waals surface area contributed by atoms with Gasteiger partial charge in [-0.15, -0.1) is 0 Å². The zero-order valence-electron chi connectivity index (χ0n) is 33.4. The highest BCUT2D eigenvalue weighted by Gasteiger charge is 2.32. The average Bonchev–Trinajstić information content (AvgIpc) is 3.74. The first-order chi connectivity index (χ1) is 27.6. The van der Waals surface area contributed by atoms with Crippen LogP contribution in [0.1, 0.15) is 107 Å². The SMILES string of the molecule is Cc1c(NC(=O)c2nc3c(n2C)CCN(C2CCC(O)CC2)C3)cccc1-c1cccc(NC(=O)c2nc3c(n2C)CCN(CCC2CCC(C=O)CC2)C3)c1Cl. The van der Waals surface area contributed by atoms with Gasteiger partial charge in [0, 0.05) is 87.7 Å². The molecule has 2 saturated carbocycles. The molecule has 13 heteroatoms. The molecule has 2 fully saturated rings. The molecule has 0 unspecified atom stereocenters. The number of anilines is 2. The number of rotatable bonds is 10. The number of carbonyl (C=O) groups is 3. The van der Waals surface area contributed by atoms with E-state index in [1.165, 1.54) is 0 Å². The quantitative estimate of drug-likeness (QED) is 0.151. The molecule has 0 radical (unpaired) electrons. The summed E-state index contributed by atoms with van der Waals surface area (Å²) in [6, 6.07) is 11.7. The van der Waals surface area contributed by atoms with E-state index in [0.29, 0.717) is 46.6 Å². The van der Waals surface area contributed by atoms with Crippen molar-refractivity contribution in [1.82, 2.24) is 28.9 Å². The van der Waals surface area contributed by atoms with Crippen LogP contribution < -0.4 is 10.6 Å². The Morgan fingerprint density at radius 2 is 1.40 bits per heavy atom. The van der Waals surface area contributed by atoms with E-state index in [0.717, 1.165) is 143 Å². The van der Waals surface area contributed by atoms with Crippen LogP contribution in [-0.2, 0) is 44.8 Å². The first-order valence-electron chi connectivity index (χ1n) is 20.8. The van der Waals surface area contributed by atoms with Crippen LogP contribution in [0.15, 0.2) is 36.4 Å². The average molecular weight is 795 g/mol. The van der Waals surface area contributed by atoms with Crippen molar-refractivity contribution in [3.05, 3.63) is 81.4 Å². The zero-order valence-corrected chi connectivity index (χ0v) is 34.2. The number of fused-ring (bicyclic) bond motifs is 2. The maximum Gasteiger partial charge on any atom is 0.291 e. The van der Waals surface area contributed by atoms with Crippen LogP contribution in [0.4, 0.5) is 11.4 Å². The van der Waals surface area contributed by atoms with Gasteiger partial charge < -0.3 is 29.7 Å². The third-order valence-electron chi connectivity index (χ3n) is 13.3. The predicted octanol–water partition coefficient (Wildman–Crippen LogP) is 6.70. The number of halogens is 1. The monoisotopic (exact) mass is 794 g/mol. The van der Waals surface area contributed by atoms with Crippen molar-refractivity contribution in [1.29, 1.82) is 0 Å². The zero-order chi connectivity index (χ0) is 39.8. The first-order valence-corrected chi connectivity index (χ1v) is 21.2. The molecule has 4 aromatic rings. The molecule has 57 heavy (non-hydrogen) atoms. The van der Waals surface area contributed by atoms with Gasteiger partial charge in [-0.3, -0.25) is 19.4 Å². The van der Waals surface area contributed by atoms with Crippen molar-refractivity contribution in [2.75, 3.05) is 30.3 Å². The number of aromatic nitrogens is 4. The standard InChI is InChI=1S/C44H55ClN8O4/c1-27-32(6-4-8-34(27)48-43(56)41-47-37-25-53(23-20-39(37)51(41)3)30-14-16-31(55)17-15-30)33-7-5-9-35(40(33)45)49-44(57)42-46-36-24-52(22-19-38(36)50(42)2)21-18-28-10-12-29(26-54)13-11-28/h4-9,26,28-31,55H,10-25H2,1-3H3,(H,48,56)(H,49,57). The van der Waals surface area contributed by atoms with E-state index >= 15 is 0 Å². The fourth-order valence-corrected chi connectivity index (χ4v) is 9.97. The summed E-state index contributed by atoms with van der Waals surface area (Å²) in [5.41, 5.74) is 7.64. The minimum absolute atomic E-state index is 0.187. The molecule has 2 aliphatic heterocycles. The number of aliphatic hydroxyl groups is 1. The van der Waals surface area contributed by atoms with Gasteiger partial charge in [0.2, 0.25) is 0 Å². The Kier molecular flexibility index (Phi) is 11.7. The van der Waals surface area contributed by atoms with E-state index in [9.17, 15) is 19.5 Å². The van der Waals surface area contributed by atoms with Gasteiger partial charge in [0.25, 0.3) is 11.8 Å². The molecule has 302 valence electrons. The van der Waals surface area contributed by atoms with Crippen LogP contribution in [0, 0.1) is 18.8 Å². The Morgan fingerprint density at radius 1 is 0.807 bits per heavy atom. The molecule has 4 heterocycles. The number of carbonyl (C=O) groups excluding carboxylic acids is 3. The highest BCUT2D eigenvalue weighted by atomic mass is 35.5. The molecular weight excluding hydrogens is 740 g/mol. The molecule has 2 amide bonds. The van der Waals surface area contributed by atoms with Crippen molar-refractivity contribution >= 4 is 41.1 Å². The summed E-state index contributed by atoms with van der Waals surface area (Å²) in [7, 11) is 3.82. The Labute approximate surface area is 340 Å². The van der Waals surface area contributed by atoms with E-state index in [1.54, 1.807) is 6.07 Å². The summed E-state index contributed by atoms with van der Waals surface area (Å²) >= 11 is 7.05. The van der Waals surface area contributed by atoms with E-state index in [-0.39, 0.29) is 23.8 Å². The second-order valence-electron chi connectivity index (χ2n) is 16.7. The van der Waals surface area contributed by atoms with Crippen LogP contribution in [0.2, 0.25) is 5.02 Å². The van der Waals surface area contributed by atoms with Crippen molar-refractivity contribution < 1.29 is 19.5 Å². The number of aldehydes is 1. The summed E-state index contributed by atoms with van der Waals surface area (Å²) < 4.78 is 3.83. The van der Waals surface area contributed by atoms with Crippen molar-refractivity contribution in [2.45, 2.75) is 103 Å². The first kappa shape index (κ1) is 39.5. The fraction of sp³-hybridized carbons (Fsp3) is 0.523. The lowest BCUT2D eigenvalue weighted by atomic mass is 9.81. The molecule has 0 bridgehead atoms. The lowest BCUT2D eigenvalue weighted by molar-refractivity contribution is -0.112. The highest BCUT2D eigenvalue weighted by Crippen LogP contribution is 2.38. The molecule has 8 rings (SSSR count). The van der Waals surface area contributed by atoms with Gasteiger partial charge in [-0.25, -0.2) is 9.97 Å². The van der Waals surface area contributed by atoms with Crippen LogP contribution in [0.25, 0.3) is 11.1 Å². The third-order valence-corrected chi connectivity index (χ3v) is 13.7. The van der Waals surface area contributed by atoms with Gasteiger partial charge in [-0.1, -0.05) is 35.9 Å². The number of amides is 2. The molecule has 0 spiro atoms. The number of nitrogens with zero attached hydrogens (tertiary/aromatic N) is 6. The second kappa shape index (κ2) is 16.9. The van der Waals surface area contributed by atoms with Crippen molar-refractivity contribution in [2.24, 2.45) is 25.9 Å². The van der Waals surface area contributed by atoms with Gasteiger partial charge in [-0.05, 0) is 100 Å². The van der Waals surface area contributed by atoms with Gasteiger partial charge >= 0.3 is 0 Å². The van der Waals surface area contributed by atoms with Crippen LogP contribution in [0.3, 0.4) is 0 Å². The van der Waals surface area contributed by atoms with E-state index in [1.807, 2.05) is 60.5 Å². The second-order valence-corrected chi connectivity index (χ2v) is 17.1. The van der Waals surface area contributed by atoms with Gasteiger partial charge in [-0.2, -0.15) is 0 Å². The lowest BCUT2D eigenvalue weighted by Crippen LogP contribution is -2.42. The maximum atomic E-state index is 13.8. The molecular formula is C44H55ClN8O4. The summed E-state index contributed by atoms with van der Waals surface area (Å²) in [5, 5.41) is 16.5. The Hall–Kier alpha value is -4.36. The molecule has 2 aromatic heterocycles. The maximum absolute atomic E-state index is 13.8. The number of hydrogen-bond acceptors (Lipinski definition) is 8. The number of aliphatic hydroxyl groups excluding tert-OH is 1. The van der Waals surface area contributed by atoms with Crippen molar-refractivity contribution in [3.63, 3.8) is 0 Å². The van der Waals surface area contributed by atoms with Crippen LogP contribution >= 0.6 is 11.6 Å². The molecule has 0 atom stereocenters. The van der Waals surface area contributed by atoms with E-state index in [2.05, 4.69) is 20.4 Å². The highest BCUT2D eigenvalue weighted by molar-refractivity contribution is 6.36. The largest absolute Gasteiger partial charge is 0.393 e. The summed E-state index contributed by atoms with van der Waals surface area (Å²) in [5.74, 6) is 1.06. The molecule has 4 aliphatic rings. The molecule has 0 saturated heterocycles. The number of nitrogens with one attached hydrogen (secondary N) is 2. The summed E-state index contributed by atoms with van der Waals surface area (Å²) in [6.45, 7) is 6.24. The van der Waals surface area contributed by atoms with Crippen molar-refractivity contribution in [3.8, 4) is 11.1 Å². The Balaban J connectivity index is 0.924. The smallest absolute Gasteiger partial charge is 0.291 e. The van der Waals surface area contributed by atoms with Gasteiger partial charge in [0.15, 0.2) is 11.6 Å². The number of hydrogen-bond donors (Lipinski definition) is 3. The van der Waals surface area contributed by atoms with E-state index in [4.69, 9.17) is 21.6 Å². The minimum Gasteiger partial charge on any atom is -0.393 e. The molecule has 3 N–H and O–H groups in total. The van der Waals surface area contributed by atoms with E-state index < -0.39 is 0 Å². The van der Waals surface area contributed by atoms with Gasteiger partial charge in [0.05, 0.1) is 28.2 Å². The molecule has 2 aromatic carbocycles. The number of benzene rings is 2. The normalized spacial score (nSPS) is 22.8. The van der Waals surface area contributed by atoms with Crippen LogP contribution in [-0.4, -0.2) is 83.9 Å². The Bertz CT molecular complexity index is 2150. The summed E-state index contributed by atoms with van der Waals surface area (Å²) in [4.78, 5) is 53.2. The topological polar surface area (TPSA) is 138 Å². The third kappa shape index (κ3) is 8.19. The molecule has 2 aliphatic carbocycles. The Morgan fingerprint density at radius 3 is 2.07 bits per heavy atom. The van der Waals surface area contributed by atoms with Crippen LogP contribution in [0.5, 0.6) is 0 Å².